The van der Waals surface area contributed by atoms with Crippen LogP contribution < -0.4 is 16.4 Å². The molecule has 0 aromatic carbocycles. The molecular formula is C16H31N3O. The largest absolute Gasteiger partial charge is 0.354 e. The molecule has 116 valence electrons. The average Bonchev–Trinajstić information content (AvgIpc) is 2.69. The molecule has 1 heterocycles. The Hall–Kier alpha value is -0.610. The summed E-state index contributed by atoms with van der Waals surface area (Å²) in [6.45, 7) is 2.88. The summed E-state index contributed by atoms with van der Waals surface area (Å²) in [5.74, 6) is 0.921. The lowest BCUT2D eigenvalue weighted by Gasteiger charge is -2.28. The topological polar surface area (TPSA) is 67.1 Å². The van der Waals surface area contributed by atoms with Crippen LogP contribution in [0.5, 0.6) is 0 Å². The first-order chi connectivity index (χ1) is 9.68. The van der Waals surface area contributed by atoms with Crippen LogP contribution in [0.4, 0.5) is 0 Å². The van der Waals surface area contributed by atoms with Crippen LogP contribution in [0.1, 0.15) is 64.2 Å². The van der Waals surface area contributed by atoms with Gasteiger partial charge in [-0.1, -0.05) is 25.7 Å². The van der Waals surface area contributed by atoms with Crippen molar-refractivity contribution in [2.24, 2.45) is 11.7 Å². The van der Waals surface area contributed by atoms with E-state index in [-0.39, 0.29) is 11.4 Å². The summed E-state index contributed by atoms with van der Waals surface area (Å²) in [5.41, 5.74) is 6.27. The fraction of sp³-hybridized carbons (Fsp3) is 0.938. The minimum atomic E-state index is -0.152. The van der Waals surface area contributed by atoms with Gasteiger partial charge in [0.25, 0.3) is 0 Å². The van der Waals surface area contributed by atoms with Gasteiger partial charge in [0, 0.05) is 18.5 Å². The molecular weight excluding hydrogens is 250 g/mol. The minimum Gasteiger partial charge on any atom is -0.354 e. The molecule has 2 aliphatic rings. The van der Waals surface area contributed by atoms with Gasteiger partial charge in [-0.25, -0.2) is 0 Å². The molecule has 0 atom stereocenters. The maximum atomic E-state index is 12.0. The molecule has 1 saturated heterocycles. The van der Waals surface area contributed by atoms with E-state index in [1.165, 1.54) is 38.5 Å². The quantitative estimate of drug-likeness (QED) is 0.675. The average molecular weight is 281 g/mol. The zero-order valence-corrected chi connectivity index (χ0v) is 12.8. The number of nitrogens with two attached hydrogens (primary N) is 1. The summed E-state index contributed by atoms with van der Waals surface area (Å²) in [6.07, 6.45) is 11.3. The molecule has 0 aromatic rings. The molecule has 2 fully saturated rings. The standard InChI is InChI=1S/C16H31N3O/c17-16(9-3-1-2-4-10-16)13-19-15(20)6-5-14-7-11-18-12-8-14/h14,18H,1-13,17H2,(H,19,20). The Bertz CT molecular complexity index is 292. The Morgan fingerprint density at radius 1 is 1.15 bits per heavy atom. The van der Waals surface area contributed by atoms with Crippen molar-refractivity contribution in [1.82, 2.24) is 10.6 Å². The van der Waals surface area contributed by atoms with Gasteiger partial charge in [-0.15, -0.1) is 0 Å². The highest BCUT2D eigenvalue weighted by molar-refractivity contribution is 5.75. The number of carbonyl (C=O) groups is 1. The number of hydrogen-bond acceptors (Lipinski definition) is 3. The molecule has 0 unspecified atom stereocenters. The molecule has 4 heteroatoms. The third kappa shape index (κ3) is 5.41. The number of amides is 1. The van der Waals surface area contributed by atoms with Gasteiger partial charge in [-0.2, -0.15) is 0 Å². The summed E-state index contributed by atoms with van der Waals surface area (Å²) in [7, 11) is 0. The second-order valence-electron chi connectivity index (χ2n) is 6.79. The predicted molar refractivity (Wildman–Crippen MR) is 82.5 cm³/mol. The van der Waals surface area contributed by atoms with Gasteiger partial charge in [-0.05, 0) is 51.1 Å². The fourth-order valence-corrected chi connectivity index (χ4v) is 3.48. The van der Waals surface area contributed by atoms with Crippen molar-refractivity contribution in [2.45, 2.75) is 69.7 Å². The molecule has 0 radical (unpaired) electrons. The third-order valence-electron chi connectivity index (χ3n) is 4.98. The lowest BCUT2D eigenvalue weighted by atomic mass is 9.91. The number of piperidine rings is 1. The molecule has 4 nitrogen and oxygen atoms in total. The molecule has 0 bridgehead atoms. The lowest BCUT2D eigenvalue weighted by molar-refractivity contribution is -0.121. The van der Waals surface area contributed by atoms with Gasteiger partial charge in [0.2, 0.25) is 5.91 Å². The highest BCUT2D eigenvalue weighted by atomic mass is 16.1. The summed E-state index contributed by atoms with van der Waals surface area (Å²) in [4.78, 5) is 12.0. The maximum Gasteiger partial charge on any atom is 0.220 e. The Labute approximate surface area is 123 Å². The van der Waals surface area contributed by atoms with Crippen molar-refractivity contribution in [3.8, 4) is 0 Å². The zero-order valence-electron chi connectivity index (χ0n) is 12.8. The van der Waals surface area contributed by atoms with Crippen LogP contribution in [-0.2, 0) is 4.79 Å². The monoisotopic (exact) mass is 281 g/mol. The van der Waals surface area contributed by atoms with Gasteiger partial charge in [0.15, 0.2) is 0 Å². The van der Waals surface area contributed by atoms with E-state index in [1.54, 1.807) is 0 Å². The van der Waals surface area contributed by atoms with E-state index in [9.17, 15) is 4.79 Å². The molecule has 4 N–H and O–H groups in total. The van der Waals surface area contributed by atoms with Gasteiger partial charge in [-0.3, -0.25) is 4.79 Å². The lowest BCUT2D eigenvalue weighted by Crippen LogP contribution is -2.49. The van der Waals surface area contributed by atoms with Crippen molar-refractivity contribution in [3.05, 3.63) is 0 Å². The second-order valence-corrected chi connectivity index (χ2v) is 6.79. The molecule has 2 rings (SSSR count). The van der Waals surface area contributed by atoms with Crippen LogP contribution in [-0.4, -0.2) is 31.1 Å². The highest BCUT2D eigenvalue weighted by Crippen LogP contribution is 2.24. The molecule has 1 amide bonds. The van der Waals surface area contributed by atoms with Crippen LogP contribution in [0.3, 0.4) is 0 Å². The number of carbonyl (C=O) groups excluding carboxylic acids is 1. The first kappa shape index (κ1) is 15.8. The van der Waals surface area contributed by atoms with Crippen molar-refractivity contribution in [1.29, 1.82) is 0 Å². The molecule has 1 aliphatic carbocycles. The summed E-state index contributed by atoms with van der Waals surface area (Å²) < 4.78 is 0. The number of rotatable bonds is 5. The Kier molecular flexibility index (Phi) is 6.30. The molecule has 0 aromatic heterocycles. The number of nitrogens with one attached hydrogen (secondary N) is 2. The number of hydrogen-bond donors (Lipinski definition) is 3. The van der Waals surface area contributed by atoms with E-state index in [0.29, 0.717) is 13.0 Å². The maximum absolute atomic E-state index is 12.0. The van der Waals surface area contributed by atoms with E-state index in [1.807, 2.05) is 0 Å². The van der Waals surface area contributed by atoms with Gasteiger partial charge in [0.05, 0.1) is 0 Å². The van der Waals surface area contributed by atoms with Crippen molar-refractivity contribution >= 4 is 5.91 Å². The normalized spacial score (nSPS) is 24.1. The third-order valence-corrected chi connectivity index (χ3v) is 4.98. The van der Waals surface area contributed by atoms with E-state index < -0.39 is 0 Å². The Balaban J connectivity index is 1.63. The SMILES string of the molecule is NC1(CNC(=O)CCC2CCNCC2)CCCCCC1. The van der Waals surface area contributed by atoms with Gasteiger partial charge >= 0.3 is 0 Å². The van der Waals surface area contributed by atoms with Crippen molar-refractivity contribution in [2.75, 3.05) is 19.6 Å². The Morgan fingerprint density at radius 2 is 1.80 bits per heavy atom. The Morgan fingerprint density at radius 3 is 2.45 bits per heavy atom. The molecule has 20 heavy (non-hydrogen) atoms. The molecule has 1 saturated carbocycles. The van der Waals surface area contributed by atoms with Crippen LogP contribution in [0.25, 0.3) is 0 Å². The first-order valence-corrected chi connectivity index (χ1v) is 8.44. The highest BCUT2D eigenvalue weighted by Gasteiger charge is 2.26. The molecule has 0 spiro atoms. The fourth-order valence-electron chi connectivity index (χ4n) is 3.48. The van der Waals surface area contributed by atoms with Crippen LogP contribution in [0, 0.1) is 5.92 Å². The van der Waals surface area contributed by atoms with Crippen LogP contribution in [0.2, 0.25) is 0 Å². The van der Waals surface area contributed by atoms with E-state index >= 15 is 0 Å². The zero-order chi connectivity index (χ0) is 14.3. The second kappa shape index (κ2) is 7.99. The van der Waals surface area contributed by atoms with E-state index in [2.05, 4.69) is 10.6 Å². The van der Waals surface area contributed by atoms with E-state index in [0.717, 1.165) is 38.3 Å². The minimum absolute atomic E-state index is 0.152. The predicted octanol–water partition coefficient (Wildman–Crippen LogP) is 1.93. The summed E-state index contributed by atoms with van der Waals surface area (Å²) >= 11 is 0. The van der Waals surface area contributed by atoms with Crippen LogP contribution in [0.15, 0.2) is 0 Å². The van der Waals surface area contributed by atoms with Crippen molar-refractivity contribution in [3.63, 3.8) is 0 Å². The first-order valence-electron chi connectivity index (χ1n) is 8.44. The van der Waals surface area contributed by atoms with Gasteiger partial charge < -0.3 is 16.4 Å². The smallest absolute Gasteiger partial charge is 0.220 e. The van der Waals surface area contributed by atoms with E-state index in [4.69, 9.17) is 5.73 Å². The summed E-state index contributed by atoms with van der Waals surface area (Å²) in [6, 6.07) is 0. The summed E-state index contributed by atoms with van der Waals surface area (Å²) in [5, 5.41) is 6.44. The molecule has 1 aliphatic heterocycles. The van der Waals surface area contributed by atoms with Crippen LogP contribution >= 0.6 is 0 Å². The van der Waals surface area contributed by atoms with Gasteiger partial charge in [0.1, 0.15) is 0 Å². The van der Waals surface area contributed by atoms with Crippen molar-refractivity contribution < 1.29 is 4.79 Å².